The summed E-state index contributed by atoms with van der Waals surface area (Å²) in [7, 11) is 0. The first-order valence-corrected chi connectivity index (χ1v) is 2.77. The highest BCUT2D eigenvalue weighted by molar-refractivity contribution is 5.86. The molecule has 0 saturated heterocycles. The minimum Gasteiger partial charge on any atom is -0.477 e. The van der Waals surface area contributed by atoms with Gasteiger partial charge in [0, 0.05) is 6.20 Å². The molecule has 1 rings (SSSR count). The number of nitrogens with zero attached hydrogens (tertiary/aromatic N) is 1. The number of hydrogen-bond acceptors (Lipinski definition) is 3. The third-order valence-electron chi connectivity index (χ3n) is 1.16. The van der Waals surface area contributed by atoms with Crippen LogP contribution in [0.25, 0.3) is 0 Å². The van der Waals surface area contributed by atoms with Crippen molar-refractivity contribution in [1.29, 1.82) is 0 Å². The van der Waals surface area contributed by atoms with Crippen molar-refractivity contribution in [3.05, 3.63) is 34.2 Å². The molecule has 0 saturated carbocycles. The zero-order valence-electron chi connectivity index (χ0n) is 5.39. The summed E-state index contributed by atoms with van der Waals surface area (Å²) in [5, 5.41) is 17.1. The van der Waals surface area contributed by atoms with Crippen molar-refractivity contribution in [1.82, 2.24) is 4.73 Å². The number of rotatable bonds is 1. The van der Waals surface area contributed by atoms with Crippen molar-refractivity contribution in [3.63, 3.8) is 0 Å². The molecule has 58 valence electrons. The maximum Gasteiger partial charge on any atom is 0.341 e. The number of pyridine rings is 1. The van der Waals surface area contributed by atoms with E-state index in [1.54, 1.807) is 0 Å². The van der Waals surface area contributed by atoms with Crippen LogP contribution >= 0.6 is 0 Å². The van der Waals surface area contributed by atoms with Gasteiger partial charge in [-0.3, -0.25) is 4.79 Å². The van der Waals surface area contributed by atoms with Crippen LogP contribution in [0.2, 0.25) is 0 Å². The van der Waals surface area contributed by atoms with Gasteiger partial charge in [0.15, 0.2) is 0 Å². The summed E-state index contributed by atoms with van der Waals surface area (Å²) in [6.07, 6.45) is 1.06. The van der Waals surface area contributed by atoms with Crippen molar-refractivity contribution < 1.29 is 15.1 Å². The Labute approximate surface area is 61.1 Å². The molecule has 0 fully saturated rings. The molecule has 0 radical (unpaired) electrons. The monoisotopic (exact) mass is 155 g/mol. The molecule has 0 aliphatic rings. The first-order valence-electron chi connectivity index (χ1n) is 2.77. The predicted octanol–water partition coefficient (Wildman–Crippen LogP) is -0.216. The lowest BCUT2D eigenvalue weighted by Crippen LogP contribution is -2.23. The highest BCUT2D eigenvalue weighted by Crippen LogP contribution is 1.88. The van der Waals surface area contributed by atoms with Crippen molar-refractivity contribution in [2.45, 2.75) is 0 Å². The van der Waals surface area contributed by atoms with Crippen LogP contribution in [0.5, 0.6) is 0 Å². The van der Waals surface area contributed by atoms with Crippen LogP contribution in [-0.2, 0) is 0 Å². The summed E-state index contributed by atoms with van der Waals surface area (Å²) >= 11 is 0. The van der Waals surface area contributed by atoms with Crippen molar-refractivity contribution in [2.24, 2.45) is 0 Å². The largest absolute Gasteiger partial charge is 0.477 e. The summed E-state index contributed by atoms with van der Waals surface area (Å²) in [4.78, 5) is 21.0. The van der Waals surface area contributed by atoms with Crippen LogP contribution in [-0.4, -0.2) is 21.0 Å². The summed E-state index contributed by atoms with van der Waals surface area (Å²) in [6, 6.07) is 2.39. The Bertz CT molecular complexity index is 341. The normalized spacial score (nSPS) is 9.45. The highest BCUT2D eigenvalue weighted by Gasteiger charge is 2.08. The zero-order chi connectivity index (χ0) is 8.43. The summed E-state index contributed by atoms with van der Waals surface area (Å²) < 4.78 is 0.226. The van der Waals surface area contributed by atoms with E-state index in [1.807, 2.05) is 0 Å². The Morgan fingerprint density at radius 2 is 2.18 bits per heavy atom. The number of aromatic carboxylic acids is 1. The molecule has 0 spiro atoms. The molecule has 0 amide bonds. The molecule has 0 aromatic carbocycles. The number of carboxylic acid groups (broad SMARTS) is 1. The van der Waals surface area contributed by atoms with Crippen molar-refractivity contribution in [2.75, 3.05) is 0 Å². The maximum absolute atomic E-state index is 10.7. The highest BCUT2D eigenvalue weighted by atomic mass is 16.5. The van der Waals surface area contributed by atoms with Gasteiger partial charge in [0.2, 0.25) is 0 Å². The first-order chi connectivity index (χ1) is 5.13. The lowest BCUT2D eigenvalue weighted by molar-refractivity contribution is 0.0688. The van der Waals surface area contributed by atoms with Crippen LogP contribution in [0.3, 0.4) is 0 Å². The van der Waals surface area contributed by atoms with Crippen LogP contribution in [0.1, 0.15) is 10.4 Å². The molecule has 0 aliphatic heterocycles. The Balaban J connectivity index is 3.40. The summed E-state index contributed by atoms with van der Waals surface area (Å²) in [6.45, 7) is 0. The van der Waals surface area contributed by atoms with E-state index in [1.165, 1.54) is 6.07 Å². The smallest absolute Gasteiger partial charge is 0.341 e. The van der Waals surface area contributed by atoms with Gasteiger partial charge in [-0.05, 0) is 12.1 Å². The molecular weight excluding hydrogens is 150 g/mol. The van der Waals surface area contributed by atoms with E-state index >= 15 is 0 Å². The molecule has 0 atom stereocenters. The Morgan fingerprint density at radius 1 is 1.55 bits per heavy atom. The molecule has 1 aromatic heterocycles. The van der Waals surface area contributed by atoms with Crippen LogP contribution in [0, 0.1) is 0 Å². The average molecular weight is 155 g/mol. The number of carboxylic acids is 1. The van der Waals surface area contributed by atoms with E-state index in [-0.39, 0.29) is 4.73 Å². The second kappa shape index (κ2) is 2.45. The Kier molecular flexibility index (Phi) is 1.63. The topological polar surface area (TPSA) is 79.5 Å². The van der Waals surface area contributed by atoms with Gasteiger partial charge >= 0.3 is 5.97 Å². The standard InChI is InChI=1S/C6H5NO4/c8-5-4(6(9)10)2-1-3-7(5)11/h1-3,11H,(H,9,10). The van der Waals surface area contributed by atoms with E-state index < -0.39 is 17.1 Å². The van der Waals surface area contributed by atoms with E-state index in [0.717, 1.165) is 12.3 Å². The molecule has 11 heavy (non-hydrogen) atoms. The second-order valence-electron chi connectivity index (χ2n) is 1.88. The van der Waals surface area contributed by atoms with E-state index in [9.17, 15) is 9.59 Å². The fourth-order valence-electron chi connectivity index (χ4n) is 0.646. The van der Waals surface area contributed by atoms with Gasteiger partial charge in [-0.2, -0.15) is 4.73 Å². The van der Waals surface area contributed by atoms with Crippen molar-refractivity contribution in [3.8, 4) is 0 Å². The lowest BCUT2D eigenvalue weighted by atomic mass is 10.3. The molecule has 0 bridgehead atoms. The van der Waals surface area contributed by atoms with Crippen molar-refractivity contribution >= 4 is 5.97 Å². The third-order valence-corrected chi connectivity index (χ3v) is 1.16. The summed E-state index contributed by atoms with van der Waals surface area (Å²) in [5.41, 5.74) is -1.38. The number of aromatic nitrogens is 1. The molecule has 1 aromatic rings. The minimum atomic E-state index is -1.35. The Morgan fingerprint density at radius 3 is 2.64 bits per heavy atom. The Hall–Kier alpha value is -1.78. The van der Waals surface area contributed by atoms with E-state index in [2.05, 4.69) is 0 Å². The zero-order valence-corrected chi connectivity index (χ0v) is 5.39. The fourth-order valence-corrected chi connectivity index (χ4v) is 0.646. The molecule has 0 aliphatic carbocycles. The first kappa shape index (κ1) is 7.33. The molecular formula is C6H5NO4. The van der Waals surface area contributed by atoms with Gasteiger partial charge in [-0.25, -0.2) is 4.79 Å². The van der Waals surface area contributed by atoms with Gasteiger partial charge in [0.25, 0.3) is 5.56 Å². The average Bonchev–Trinajstić information content (AvgIpc) is 1.94. The number of carbonyl (C=O) groups is 1. The minimum absolute atomic E-state index is 0.226. The summed E-state index contributed by atoms with van der Waals surface area (Å²) in [5.74, 6) is -1.35. The van der Waals surface area contributed by atoms with Gasteiger partial charge in [-0.1, -0.05) is 0 Å². The number of hydrogen-bond donors (Lipinski definition) is 2. The van der Waals surface area contributed by atoms with Crippen LogP contribution in [0.4, 0.5) is 0 Å². The molecule has 2 N–H and O–H groups in total. The molecule has 1 heterocycles. The molecule has 0 unspecified atom stereocenters. The maximum atomic E-state index is 10.7. The van der Waals surface area contributed by atoms with Gasteiger partial charge < -0.3 is 10.3 Å². The SMILES string of the molecule is O=C(O)c1cccn(O)c1=O. The fraction of sp³-hybridized carbons (Fsp3) is 0. The predicted molar refractivity (Wildman–Crippen MR) is 34.8 cm³/mol. The molecule has 5 nitrogen and oxygen atoms in total. The van der Waals surface area contributed by atoms with Gasteiger partial charge in [0.1, 0.15) is 5.56 Å². The van der Waals surface area contributed by atoms with E-state index in [0.29, 0.717) is 0 Å². The van der Waals surface area contributed by atoms with Gasteiger partial charge in [0.05, 0.1) is 0 Å². The second-order valence-corrected chi connectivity index (χ2v) is 1.88. The third kappa shape index (κ3) is 1.21. The van der Waals surface area contributed by atoms with E-state index in [4.69, 9.17) is 10.3 Å². The van der Waals surface area contributed by atoms with Crippen LogP contribution in [0.15, 0.2) is 23.1 Å². The van der Waals surface area contributed by atoms with Crippen LogP contribution < -0.4 is 5.56 Å². The van der Waals surface area contributed by atoms with Gasteiger partial charge in [-0.15, -0.1) is 0 Å². The molecule has 5 heteroatoms. The lowest BCUT2D eigenvalue weighted by Gasteiger charge is -1.95. The quantitative estimate of drug-likeness (QED) is 0.549.